The predicted octanol–water partition coefficient (Wildman–Crippen LogP) is 2.28. The van der Waals surface area contributed by atoms with E-state index in [2.05, 4.69) is 20.4 Å². The number of rotatable bonds is 5. The second-order valence-corrected chi connectivity index (χ2v) is 6.44. The van der Waals surface area contributed by atoms with E-state index in [9.17, 15) is 9.18 Å². The Morgan fingerprint density at radius 3 is 2.88 bits per heavy atom. The summed E-state index contributed by atoms with van der Waals surface area (Å²) in [6.45, 7) is 4.51. The molecule has 138 valence electrons. The van der Waals surface area contributed by atoms with Crippen molar-refractivity contribution in [3.8, 4) is 5.75 Å². The molecule has 0 spiro atoms. The monoisotopic (exact) mass is 378 g/mol. The van der Waals surface area contributed by atoms with Gasteiger partial charge in [-0.1, -0.05) is 0 Å². The first kappa shape index (κ1) is 18.3. The lowest BCUT2D eigenvalue weighted by molar-refractivity contribution is 0.0950. The highest BCUT2D eigenvalue weighted by atomic mass is 32.1. The standard InChI is InChI=1S/C17H19FN4O3S/c1-11(12-3-4-15(24-2)13(18)9-12)20-21-16(23)14-10-26-17(19-14)22-5-7-25-8-6-22/h3-4,9-10H,5-8H2,1-2H3,(H,21,23)/b20-11-. The number of nitrogens with one attached hydrogen (secondary N) is 1. The number of morpholine rings is 1. The summed E-state index contributed by atoms with van der Waals surface area (Å²) in [6.07, 6.45) is 0. The van der Waals surface area contributed by atoms with Crippen LogP contribution in [-0.4, -0.2) is 50.0 Å². The average Bonchev–Trinajstić information content (AvgIpc) is 3.17. The van der Waals surface area contributed by atoms with E-state index in [1.54, 1.807) is 18.4 Å². The number of hydrazone groups is 1. The van der Waals surface area contributed by atoms with E-state index in [1.807, 2.05) is 0 Å². The summed E-state index contributed by atoms with van der Waals surface area (Å²) in [6, 6.07) is 4.50. The highest BCUT2D eigenvalue weighted by molar-refractivity contribution is 7.13. The van der Waals surface area contributed by atoms with Gasteiger partial charge in [0.15, 0.2) is 16.7 Å². The second-order valence-electron chi connectivity index (χ2n) is 5.60. The van der Waals surface area contributed by atoms with Gasteiger partial charge in [0.25, 0.3) is 5.91 Å². The van der Waals surface area contributed by atoms with Crippen LogP contribution in [0.1, 0.15) is 23.0 Å². The van der Waals surface area contributed by atoms with Gasteiger partial charge in [0.1, 0.15) is 5.69 Å². The number of aromatic nitrogens is 1. The summed E-state index contributed by atoms with van der Waals surface area (Å²) >= 11 is 1.41. The number of thiazole rings is 1. The molecule has 1 aromatic carbocycles. The molecule has 0 bridgehead atoms. The zero-order valence-electron chi connectivity index (χ0n) is 14.5. The van der Waals surface area contributed by atoms with Crippen molar-refractivity contribution >= 4 is 28.1 Å². The Bertz CT molecular complexity index is 818. The number of benzene rings is 1. The van der Waals surface area contributed by atoms with Gasteiger partial charge in [-0.2, -0.15) is 5.10 Å². The maximum absolute atomic E-state index is 13.8. The molecule has 7 nitrogen and oxygen atoms in total. The minimum atomic E-state index is -0.486. The lowest BCUT2D eigenvalue weighted by Crippen LogP contribution is -2.36. The Kier molecular flexibility index (Phi) is 5.79. The van der Waals surface area contributed by atoms with Crippen molar-refractivity contribution in [2.24, 2.45) is 5.10 Å². The lowest BCUT2D eigenvalue weighted by atomic mass is 10.1. The third-order valence-electron chi connectivity index (χ3n) is 3.90. The summed E-state index contributed by atoms with van der Waals surface area (Å²) in [5.41, 5.74) is 3.79. The molecule has 1 amide bonds. The van der Waals surface area contributed by atoms with Crippen molar-refractivity contribution < 1.29 is 18.7 Å². The fourth-order valence-electron chi connectivity index (χ4n) is 2.42. The second kappa shape index (κ2) is 8.24. The van der Waals surface area contributed by atoms with E-state index in [-0.39, 0.29) is 5.75 Å². The minimum Gasteiger partial charge on any atom is -0.494 e. The van der Waals surface area contributed by atoms with E-state index < -0.39 is 11.7 Å². The number of carbonyl (C=O) groups excluding carboxylic acids is 1. The molecule has 0 unspecified atom stereocenters. The molecule has 1 aliphatic rings. The smallest absolute Gasteiger partial charge is 0.290 e. The number of carbonyl (C=O) groups is 1. The summed E-state index contributed by atoms with van der Waals surface area (Å²) in [7, 11) is 1.40. The van der Waals surface area contributed by atoms with Crippen molar-refractivity contribution in [1.82, 2.24) is 10.4 Å². The van der Waals surface area contributed by atoms with E-state index in [4.69, 9.17) is 9.47 Å². The molecule has 2 aromatic rings. The van der Waals surface area contributed by atoms with Crippen LogP contribution < -0.4 is 15.1 Å². The minimum absolute atomic E-state index is 0.156. The first-order valence-corrected chi connectivity index (χ1v) is 8.93. The molecule has 1 aliphatic heterocycles. The van der Waals surface area contributed by atoms with Crippen molar-refractivity contribution in [3.05, 3.63) is 40.7 Å². The van der Waals surface area contributed by atoms with Crippen molar-refractivity contribution in [3.63, 3.8) is 0 Å². The third-order valence-corrected chi connectivity index (χ3v) is 4.80. The highest BCUT2D eigenvalue weighted by Crippen LogP contribution is 2.21. The lowest BCUT2D eigenvalue weighted by Gasteiger charge is -2.25. The Morgan fingerprint density at radius 1 is 1.42 bits per heavy atom. The maximum atomic E-state index is 13.8. The van der Waals surface area contributed by atoms with Gasteiger partial charge in [-0.15, -0.1) is 11.3 Å². The normalized spacial score (nSPS) is 15.0. The van der Waals surface area contributed by atoms with Gasteiger partial charge in [0.2, 0.25) is 0 Å². The largest absolute Gasteiger partial charge is 0.494 e. The Balaban J connectivity index is 1.65. The topological polar surface area (TPSA) is 76.0 Å². The van der Waals surface area contributed by atoms with Gasteiger partial charge >= 0.3 is 0 Å². The van der Waals surface area contributed by atoms with Crippen LogP contribution in [0.5, 0.6) is 5.75 Å². The molecular weight excluding hydrogens is 359 g/mol. The Labute approximate surface area is 154 Å². The van der Waals surface area contributed by atoms with Crippen LogP contribution >= 0.6 is 11.3 Å². The van der Waals surface area contributed by atoms with Crippen molar-refractivity contribution in [1.29, 1.82) is 0 Å². The predicted molar refractivity (Wildman–Crippen MR) is 97.8 cm³/mol. The van der Waals surface area contributed by atoms with Crippen LogP contribution in [0, 0.1) is 5.82 Å². The van der Waals surface area contributed by atoms with E-state index in [1.165, 1.54) is 30.6 Å². The van der Waals surface area contributed by atoms with Gasteiger partial charge in [-0.05, 0) is 25.1 Å². The Morgan fingerprint density at radius 2 is 2.19 bits per heavy atom. The number of anilines is 1. The Hall–Kier alpha value is -2.52. The quantitative estimate of drug-likeness (QED) is 0.638. The molecule has 0 atom stereocenters. The number of ether oxygens (including phenoxy) is 2. The molecule has 1 aromatic heterocycles. The molecule has 0 saturated carbocycles. The first-order chi connectivity index (χ1) is 12.6. The van der Waals surface area contributed by atoms with E-state index in [0.717, 1.165) is 18.2 Å². The highest BCUT2D eigenvalue weighted by Gasteiger charge is 2.17. The average molecular weight is 378 g/mol. The van der Waals surface area contributed by atoms with Crippen LogP contribution in [0.15, 0.2) is 28.7 Å². The van der Waals surface area contributed by atoms with Gasteiger partial charge in [-0.3, -0.25) is 4.79 Å². The van der Waals surface area contributed by atoms with E-state index in [0.29, 0.717) is 30.2 Å². The van der Waals surface area contributed by atoms with E-state index >= 15 is 0 Å². The summed E-state index contributed by atoms with van der Waals surface area (Å²) in [5, 5.41) is 6.51. The number of halogens is 1. The van der Waals surface area contributed by atoms with Crippen molar-refractivity contribution in [2.75, 3.05) is 38.3 Å². The zero-order valence-corrected chi connectivity index (χ0v) is 15.3. The van der Waals surface area contributed by atoms with Crippen LogP contribution in [-0.2, 0) is 4.74 Å². The summed E-state index contributed by atoms with van der Waals surface area (Å²) in [4.78, 5) is 18.7. The maximum Gasteiger partial charge on any atom is 0.290 e. The fraction of sp³-hybridized carbons (Fsp3) is 0.353. The zero-order chi connectivity index (χ0) is 18.5. The molecule has 9 heteroatoms. The van der Waals surface area contributed by atoms with Crippen LogP contribution in [0.4, 0.5) is 9.52 Å². The molecule has 1 fully saturated rings. The number of hydrogen-bond acceptors (Lipinski definition) is 7. The van der Waals surface area contributed by atoms with Gasteiger partial charge in [0.05, 0.1) is 26.0 Å². The van der Waals surface area contributed by atoms with Crippen molar-refractivity contribution in [2.45, 2.75) is 6.92 Å². The molecule has 0 aliphatic carbocycles. The van der Waals surface area contributed by atoms with Gasteiger partial charge < -0.3 is 14.4 Å². The summed E-state index contributed by atoms with van der Waals surface area (Å²) < 4.78 is 24.0. The number of hydrogen-bond donors (Lipinski definition) is 1. The number of methoxy groups -OCH3 is 1. The third kappa shape index (κ3) is 4.17. The van der Waals surface area contributed by atoms with Gasteiger partial charge in [-0.25, -0.2) is 14.8 Å². The molecule has 3 rings (SSSR count). The van der Waals surface area contributed by atoms with Crippen LogP contribution in [0.25, 0.3) is 0 Å². The van der Waals surface area contributed by atoms with Crippen LogP contribution in [0.3, 0.4) is 0 Å². The van der Waals surface area contributed by atoms with Crippen LogP contribution in [0.2, 0.25) is 0 Å². The molecule has 1 N–H and O–H groups in total. The molecule has 26 heavy (non-hydrogen) atoms. The van der Waals surface area contributed by atoms with Gasteiger partial charge in [0, 0.05) is 24.0 Å². The first-order valence-electron chi connectivity index (χ1n) is 8.05. The molecule has 2 heterocycles. The fourth-order valence-corrected chi connectivity index (χ4v) is 3.28. The summed E-state index contributed by atoms with van der Waals surface area (Å²) in [5.74, 6) is -0.738. The number of amides is 1. The number of nitrogens with zero attached hydrogens (tertiary/aromatic N) is 3. The molecule has 0 radical (unpaired) electrons. The molecule has 1 saturated heterocycles. The molecular formula is C17H19FN4O3S. The SMILES string of the molecule is COc1ccc(/C(C)=N\NC(=O)c2csc(N3CCOCC3)n2)cc1F.